The number of hydrogen-bond acceptors (Lipinski definition) is 7. The Morgan fingerprint density at radius 3 is 2.67 bits per heavy atom. The fourth-order valence-electron chi connectivity index (χ4n) is 2.66. The van der Waals surface area contributed by atoms with Crippen LogP contribution < -0.4 is 4.74 Å². The first kappa shape index (κ1) is 19.7. The van der Waals surface area contributed by atoms with Crippen LogP contribution in [0.3, 0.4) is 0 Å². The Hall–Kier alpha value is -2.06. The summed E-state index contributed by atoms with van der Waals surface area (Å²) in [6, 6.07) is 6.69. The van der Waals surface area contributed by atoms with Gasteiger partial charge in [0.15, 0.2) is 5.16 Å². The number of aliphatic hydroxyl groups is 1. The van der Waals surface area contributed by atoms with Gasteiger partial charge in [-0.2, -0.15) is 0 Å². The van der Waals surface area contributed by atoms with Gasteiger partial charge in [0.1, 0.15) is 18.2 Å². The van der Waals surface area contributed by atoms with Gasteiger partial charge in [0.25, 0.3) is 0 Å². The van der Waals surface area contributed by atoms with E-state index in [9.17, 15) is 9.90 Å². The van der Waals surface area contributed by atoms with Gasteiger partial charge in [0.2, 0.25) is 0 Å². The molecule has 146 valence electrons. The Morgan fingerprint density at radius 1 is 1.30 bits per heavy atom. The summed E-state index contributed by atoms with van der Waals surface area (Å²) in [5, 5.41) is 19.6. The second kappa shape index (κ2) is 9.23. The molecule has 1 aromatic heterocycles. The van der Waals surface area contributed by atoms with Gasteiger partial charge in [-0.15, -0.1) is 10.2 Å². The summed E-state index contributed by atoms with van der Waals surface area (Å²) in [6.45, 7) is 5.19. The van der Waals surface area contributed by atoms with Crippen molar-refractivity contribution in [2.45, 2.75) is 50.4 Å². The van der Waals surface area contributed by atoms with E-state index in [0.717, 1.165) is 17.5 Å². The maximum absolute atomic E-state index is 11.6. The lowest BCUT2D eigenvalue weighted by molar-refractivity contribution is 0.0526. The molecule has 1 aliphatic carbocycles. The zero-order valence-electron chi connectivity index (χ0n) is 15.6. The first-order valence-corrected chi connectivity index (χ1v) is 10.2. The quantitative estimate of drug-likeness (QED) is 0.492. The predicted octanol–water partition coefficient (Wildman–Crippen LogP) is 2.88. The molecule has 0 aliphatic heterocycles. The molecule has 1 aliphatic rings. The number of ether oxygens (including phenoxy) is 2. The third kappa shape index (κ3) is 5.23. The SMILES string of the molecule is CCOC(=O)c1ccc(OC[C@H](O)CSc2nnc(C3CC3)n2CC)cc1. The molecule has 1 aromatic carbocycles. The minimum absolute atomic E-state index is 0.168. The number of aromatic nitrogens is 3. The average Bonchev–Trinajstić information content (AvgIpc) is 3.45. The standard InChI is InChI=1S/C19H25N3O4S/c1-3-22-17(13-5-6-13)20-21-19(22)27-12-15(23)11-26-16-9-7-14(8-10-16)18(24)25-4-2/h7-10,13,15,23H,3-6,11-12H2,1-2H3/t15-/m0/s1. The largest absolute Gasteiger partial charge is 0.491 e. The van der Waals surface area contributed by atoms with Gasteiger partial charge in [-0.05, 0) is 51.0 Å². The van der Waals surface area contributed by atoms with Crippen LogP contribution in [0.1, 0.15) is 48.8 Å². The fraction of sp³-hybridized carbons (Fsp3) is 0.526. The van der Waals surface area contributed by atoms with Crippen LogP contribution in [0, 0.1) is 0 Å². The van der Waals surface area contributed by atoms with Gasteiger partial charge in [-0.25, -0.2) is 4.79 Å². The molecule has 0 spiro atoms. The molecule has 0 unspecified atom stereocenters. The van der Waals surface area contributed by atoms with Crippen molar-refractivity contribution in [1.29, 1.82) is 0 Å². The molecule has 27 heavy (non-hydrogen) atoms. The highest BCUT2D eigenvalue weighted by molar-refractivity contribution is 7.99. The van der Waals surface area contributed by atoms with E-state index in [1.165, 1.54) is 24.6 Å². The molecule has 2 aromatic rings. The van der Waals surface area contributed by atoms with Gasteiger partial charge in [0.05, 0.1) is 18.3 Å². The van der Waals surface area contributed by atoms with Gasteiger partial charge < -0.3 is 19.1 Å². The molecule has 1 N–H and O–H groups in total. The van der Waals surface area contributed by atoms with Crippen LogP contribution in [-0.4, -0.2) is 50.9 Å². The Bertz CT molecular complexity index is 759. The van der Waals surface area contributed by atoms with Crippen LogP contribution in [0.15, 0.2) is 29.4 Å². The van der Waals surface area contributed by atoms with Crippen molar-refractivity contribution < 1.29 is 19.4 Å². The summed E-state index contributed by atoms with van der Waals surface area (Å²) < 4.78 is 12.7. The minimum Gasteiger partial charge on any atom is -0.491 e. The van der Waals surface area contributed by atoms with E-state index in [1.807, 2.05) is 0 Å². The van der Waals surface area contributed by atoms with E-state index in [2.05, 4.69) is 21.7 Å². The van der Waals surface area contributed by atoms with Gasteiger partial charge in [-0.1, -0.05) is 11.8 Å². The van der Waals surface area contributed by atoms with E-state index in [4.69, 9.17) is 9.47 Å². The highest BCUT2D eigenvalue weighted by atomic mass is 32.2. The van der Waals surface area contributed by atoms with Crippen LogP contribution in [-0.2, 0) is 11.3 Å². The summed E-state index contributed by atoms with van der Waals surface area (Å²) in [6.07, 6.45) is 1.74. The lowest BCUT2D eigenvalue weighted by atomic mass is 10.2. The summed E-state index contributed by atoms with van der Waals surface area (Å²) in [4.78, 5) is 11.6. The van der Waals surface area contributed by atoms with Crippen LogP contribution in [0.4, 0.5) is 0 Å². The second-order valence-corrected chi connectivity index (χ2v) is 7.37. The molecule has 0 saturated heterocycles. The van der Waals surface area contributed by atoms with Crippen molar-refractivity contribution in [2.24, 2.45) is 0 Å². The number of nitrogens with zero attached hydrogens (tertiary/aromatic N) is 3. The lowest BCUT2D eigenvalue weighted by Crippen LogP contribution is -2.20. The molecular weight excluding hydrogens is 366 g/mol. The van der Waals surface area contributed by atoms with Gasteiger partial charge in [-0.3, -0.25) is 0 Å². The summed E-state index contributed by atoms with van der Waals surface area (Å²) >= 11 is 1.49. The van der Waals surface area contributed by atoms with Crippen LogP contribution >= 0.6 is 11.8 Å². The number of carbonyl (C=O) groups excluding carboxylic acids is 1. The number of benzene rings is 1. The Balaban J connectivity index is 1.46. The molecule has 1 fully saturated rings. The molecule has 3 rings (SSSR count). The second-order valence-electron chi connectivity index (χ2n) is 6.38. The van der Waals surface area contributed by atoms with Crippen molar-refractivity contribution in [3.8, 4) is 5.75 Å². The molecule has 0 amide bonds. The van der Waals surface area contributed by atoms with Crippen molar-refractivity contribution >= 4 is 17.7 Å². The number of thioether (sulfide) groups is 1. The molecule has 1 saturated carbocycles. The molecule has 1 atom stereocenters. The molecule has 0 bridgehead atoms. The van der Waals surface area contributed by atoms with Crippen LogP contribution in [0.2, 0.25) is 0 Å². The average molecular weight is 391 g/mol. The Kier molecular flexibility index (Phi) is 6.73. The maximum atomic E-state index is 11.6. The molecule has 0 radical (unpaired) electrons. The number of rotatable bonds is 10. The zero-order valence-corrected chi connectivity index (χ0v) is 16.4. The molecular formula is C19H25N3O4S. The highest BCUT2D eigenvalue weighted by Gasteiger charge is 2.30. The first-order valence-electron chi connectivity index (χ1n) is 9.26. The Morgan fingerprint density at radius 2 is 2.04 bits per heavy atom. The Labute approximate surface area is 163 Å². The van der Waals surface area contributed by atoms with E-state index >= 15 is 0 Å². The van der Waals surface area contributed by atoms with E-state index in [0.29, 0.717) is 29.6 Å². The van der Waals surface area contributed by atoms with E-state index in [-0.39, 0.29) is 12.6 Å². The van der Waals surface area contributed by atoms with E-state index < -0.39 is 6.10 Å². The highest BCUT2D eigenvalue weighted by Crippen LogP contribution is 2.40. The third-order valence-electron chi connectivity index (χ3n) is 4.22. The molecule has 7 nitrogen and oxygen atoms in total. The normalized spacial score (nSPS) is 14.8. The molecule has 1 heterocycles. The predicted molar refractivity (Wildman–Crippen MR) is 102 cm³/mol. The minimum atomic E-state index is -0.633. The number of aliphatic hydroxyl groups excluding tert-OH is 1. The van der Waals surface area contributed by atoms with E-state index in [1.54, 1.807) is 31.2 Å². The third-order valence-corrected chi connectivity index (χ3v) is 5.33. The monoisotopic (exact) mass is 391 g/mol. The fourth-order valence-corrected chi connectivity index (χ4v) is 3.58. The maximum Gasteiger partial charge on any atom is 0.338 e. The van der Waals surface area contributed by atoms with Crippen molar-refractivity contribution in [3.63, 3.8) is 0 Å². The van der Waals surface area contributed by atoms with Gasteiger partial charge >= 0.3 is 5.97 Å². The van der Waals surface area contributed by atoms with Crippen molar-refractivity contribution in [2.75, 3.05) is 19.0 Å². The van der Waals surface area contributed by atoms with Crippen molar-refractivity contribution in [3.05, 3.63) is 35.7 Å². The van der Waals surface area contributed by atoms with Crippen molar-refractivity contribution in [1.82, 2.24) is 14.8 Å². The smallest absolute Gasteiger partial charge is 0.338 e. The number of carbonyl (C=O) groups is 1. The summed E-state index contributed by atoms with van der Waals surface area (Å²) in [5.74, 6) is 2.33. The lowest BCUT2D eigenvalue weighted by Gasteiger charge is -2.13. The topological polar surface area (TPSA) is 86.5 Å². The number of esters is 1. The zero-order chi connectivity index (χ0) is 19.2. The summed E-state index contributed by atoms with van der Waals surface area (Å²) in [7, 11) is 0. The van der Waals surface area contributed by atoms with Crippen LogP contribution in [0.5, 0.6) is 5.75 Å². The van der Waals surface area contributed by atoms with Gasteiger partial charge in [0, 0.05) is 18.2 Å². The summed E-state index contributed by atoms with van der Waals surface area (Å²) in [5.41, 5.74) is 0.477. The van der Waals surface area contributed by atoms with Crippen LogP contribution in [0.25, 0.3) is 0 Å². The number of hydrogen-bond donors (Lipinski definition) is 1. The molecule has 8 heteroatoms. The first-order chi connectivity index (χ1) is 13.1.